The zero-order valence-corrected chi connectivity index (χ0v) is 8.12. The van der Waals surface area contributed by atoms with E-state index in [1.54, 1.807) is 12.4 Å². The first-order chi connectivity index (χ1) is 6.11. The number of aliphatic hydroxyl groups is 1. The minimum absolute atomic E-state index is 0.0638. The van der Waals surface area contributed by atoms with Crippen molar-refractivity contribution in [2.75, 3.05) is 6.61 Å². The summed E-state index contributed by atoms with van der Waals surface area (Å²) in [5.74, 6) is 0. The van der Waals surface area contributed by atoms with Crippen molar-refractivity contribution in [1.82, 2.24) is 4.98 Å². The standard InChI is InChI=1S/C10H16N2O/c1-3-8-4-5-12-6-9(8)10(2,11)7-13/h4-6,13H,3,7,11H2,1-2H3/t10-/m0/s1. The van der Waals surface area contributed by atoms with Gasteiger partial charge >= 0.3 is 0 Å². The van der Waals surface area contributed by atoms with Crippen molar-refractivity contribution in [3.63, 3.8) is 0 Å². The molecule has 1 heterocycles. The Morgan fingerprint density at radius 3 is 2.85 bits per heavy atom. The molecule has 1 atom stereocenters. The number of aryl methyl sites for hydroxylation is 1. The van der Waals surface area contributed by atoms with Gasteiger partial charge in [0, 0.05) is 12.4 Å². The van der Waals surface area contributed by atoms with Gasteiger partial charge in [0.15, 0.2) is 0 Å². The molecule has 1 aromatic heterocycles. The van der Waals surface area contributed by atoms with Gasteiger partial charge in [0.2, 0.25) is 0 Å². The molecule has 1 aromatic rings. The van der Waals surface area contributed by atoms with E-state index in [0.29, 0.717) is 0 Å². The first-order valence-electron chi connectivity index (χ1n) is 4.45. The van der Waals surface area contributed by atoms with Gasteiger partial charge in [-0.25, -0.2) is 0 Å². The van der Waals surface area contributed by atoms with Gasteiger partial charge in [-0.2, -0.15) is 0 Å². The fourth-order valence-electron chi connectivity index (χ4n) is 1.33. The summed E-state index contributed by atoms with van der Waals surface area (Å²) in [6.45, 7) is 3.81. The van der Waals surface area contributed by atoms with Gasteiger partial charge < -0.3 is 10.8 Å². The van der Waals surface area contributed by atoms with E-state index in [-0.39, 0.29) is 6.61 Å². The molecular weight excluding hydrogens is 164 g/mol. The molecule has 3 N–H and O–H groups in total. The van der Waals surface area contributed by atoms with Crippen LogP contribution in [0.5, 0.6) is 0 Å². The number of nitrogens with two attached hydrogens (primary N) is 1. The summed E-state index contributed by atoms with van der Waals surface area (Å²) in [4.78, 5) is 4.02. The second-order valence-electron chi connectivity index (χ2n) is 3.46. The fourth-order valence-corrected chi connectivity index (χ4v) is 1.33. The Balaban J connectivity index is 3.12. The summed E-state index contributed by atoms with van der Waals surface area (Å²) >= 11 is 0. The van der Waals surface area contributed by atoms with Gasteiger partial charge in [0.05, 0.1) is 12.1 Å². The molecule has 13 heavy (non-hydrogen) atoms. The molecule has 0 amide bonds. The third kappa shape index (κ3) is 2.05. The minimum Gasteiger partial charge on any atom is -0.394 e. The van der Waals surface area contributed by atoms with Gasteiger partial charge in [0.25, 0.3) is 0 Å². The Hall–Kier alpha value is -0.930. The zero-order chi connectivity index (χ0) is 9.90. The van der Waals surface area contributed by atoms with Gasteiger partial charge in [-0.15, -0.1) is 0 Å². The summed E-state index contributed by atoms with van der Waals surface area (Å²) < 4.78 is 0. The average Bonchev–Trinajstić information content (AvgIpc) is 2.18. The monoisotopic (exact) mass is 180 g/mol. The molecule has 0 fully saturated rings. The van der Waals surface area contributed by atoms with Crippen LogP contribution < -0.4 is 5.73 Å². The first kappa shape index (κ1) is 10.2. The molecule has 0 saturated carbocycles. The Bertz CT molecular complexity index is 284. The lowest BCUT2D eigenvalue weighted by molar-refractivity contribution is 0.209. The SMILES string of the molecule is CCc1ccncc1[C@@](C)(N)CO. The van der Waals surface area contributed by atoms with Crippen LogP contribution in [-0.2, 0) is 12.0 Å². The maximum atomic E-state index is 9.11. The predicted molar refractivity (Wildman–Crippen MR) is 52.2 cm³/mol. The molecule has 72 valence electrons. The second-order valence-corrected chi connectivity index (χ2v) is 3.46. The van der Waals surface area contributed by atoms with Crippen LogP contribution in [0.2, 0.25) is 0 Å². The highest BCUT2D eigenvalue weighted by molar-refractivity contribution is 5.29. The molecule has 3 heteroatoms. The van der Waals surface area contributed by atoms with Crippen LogP contribution in [0.4, 0.5) is 0 Å². The maximum absolute atomic E-state index is 9.11. The Morgan fingerprint density at radius 2 is 2.31 bits per heavy atom. The van der Waals surface area contributed by atoms with Crippen LogP contribution in [0.1, 0.15) is 25.0 Å². The normalized spacial score (nSPS) is 15.4. The van der Waals surface area contributed by atoms with Crippen LogP contribution in [0.25, 0.3) is 0 Å². The molecule has 0 aliphatic carbocycles. The highest BCUT2D eigenvalue weighted by Crippen LogP contribution is 2.20. The van der Waals surface area contributed by atoms with Crippen molar-refractivity contribution in [3.05, 3.63) is 29.6 Å². The third-order valence-corrected chi connectivity index (χ3v) is 2.24. The van der Waals surface area contributed by atoms with E-state index in [0.717, 1.165) is 17.5 Å². The third-order valence-electron chi connectivity index (χ3n) is 2.24. The lowest BCUT2D eigenvalue weighted by atomic mass is 9.91. The number of rotatable bonds is 3. The van der Waals surface area contributed by atoms with E-state index in [9.17, 15) is 0 Å². The molecule has 1 rings (SSSR count). The first-order valence-corrected chi connectivity index (χ1v) is 4.45. The summed E-state index contributed by atoms with van der Waals surface area (Å²) in [5, 5.41) is 9.11. The van der Waals surface area contributed by atoms with Crippen molar-refractivity contribution in [3.8, 4) is 0 Å². The Labute approximate surface area is 78.6 Å². The average molecular weight is 180 g/mol. The number of aliphatic hydroxyl groups excluding tert-OH is 1. The van der Waals surface area contributed by atoms with Crippen molar-refractivity contribution in [2.24, 2.45) is 5.73 Å². The smallest absolute Gasteiger partial charge is 0.0651 e. The predicted octanol–water partition coefficient (Wildman–Crippen LogP) is 0.810. The number of pyridine rings is 1. The number of hydrogen-bond acceptors (Lipinski definition) is 3. The van der Waals surface area contributed by atoms with Crippen molar-refractivity contribution in [2.45, 2.75) is 25.8 Å². The van der Waals surface area contributed by atoms with Crippen LogP contribution in [0, 0.1) is 0 Å². The van der Waals surface area contributed by atoms with Gasteiger partial charge in [0.1, 0.15) is 0 Å². The number of hydrogen-bond donors (Lipinski definition) is 2. The van der Waals surface area contributed by atoms with Crippen molar-refractivity contribution >= 4 is 0 Å². The van der Waals surface area contributed by atoms with Crippen molar-refractivity contribution in [1.29, 1.82) is 0 Å². The molecule has 0 aliphatic heterocycles. The molecular formula is C10H16N2O. The second kappa shape index (κ2) is 3.85. The van der Waals surface area contributed by atoms with E-state index >= 15 is 0 Å². The summed E-state index contributed by atoms with van der Waals surface area (Å²) in [7, 11) is 0. The fraction of sp³-hybridized carbons (Fsp3) is 0.500. The molecule has 0 bridgehead atoms. The van der Waals surface area contributed by atoms with E-state index in [1.807, 2.05) is 13.0 Å². The van der Waals surface area contributed by atoms with Crippen LogP contribution >= 0.6 is 0 Å². The zero-order valence-electron chi connectivity index (χ0n) is 8.12. The Morgan fingerprint density at radius 1 is 1.62 bits per heavy atom. The summed E-state index contributed by atoms with van der Waals surface area (Å²) in [6.07, 6.45) is 4.38. The summed E-state index contributed by atoms with van der Waals surface area (Å²) in [5.41, 5.74) is 7.32. The molecule has 0 radical (unpaired) electrons. The molecule has 0 aromatic carbocycles. The number of aromatic nitrogens is 1. The number of nitrogens with zero attached hydrogens (tertiary/aromatic N) is 1. The van der Waals surface area contributed by atoms with Crippen LogP contribution in [-0.4, -0.2) is 16.7 Å². The quantitative estimate of drug-likeness (QED) is 0.723. The van der Waals surface area contributed by atoms with Crippen molar-refractivity contribution < 1.29 is 5.11 Å². The highest BCUT2D eigenvalue weighted by Gasteiger charge is 2.22. The van der Waals surface area contributed by atoms with E-state index in [4.69, 9.17) is 10.8 Å². The van der Waals surface area contributed by atoms with E-state index < -0.39 is 5.54 Å². The lowest BCUT2D eigenvalue weighted by Crippen LogP contribution is -2.38. The van der Waals surface area contributed by atoms with Gasteiger partial charge in [-0.05, 0) is 30.5 Å². The summed E-state index contributed by atoms with van der Waals surface area (Å²) in [6, 6.07) is 1.94. The lowest BCUT2D eigenvalue weighted by Gasteiger charge is -2.24. The van der Waals surface area contributed by atoms with E-state index in [2.05, 4.69) is 11.9 Å². The van der Waals surface area contributed by atoms with Gasteiger partial charge in [-0.1, -0.05) is 6.92 Å². The molecule has 0 aliphatic rings. The minimum atomic E-state index is -0.681. The topological polar surface area (TPSA) is 59.1 Å². The molecule has 3 nitrogen and oxygen atoms in total. The molecule has 0 unspecified atom stereocenters. The van der Waals surface area contributed by atoms with Gasteiger partial charge in [-0.3, -0.25) is 4.98 Å². The largest absolute Gasteiger partial charge is 0.394 e. The van der Waals surface area contributed by atoms with Crippen LogP contribution in [0.3, 0.4) is 0 Å². The highest BCUT2D eigenvalue weighted by atomic mass is 16.3. The maximum Gasteiger partial charge on any atom is 0.0651 e. The van der Waals surface area contributed by atoms with E-state index in [1.165, 1.54) is 0 Å². The van der Waals surface area contributed by atoms with Crippen LogP contribution in [0.15, 0.2) is 18.5 Å². The Kier molecular flexibility index (Phi) is 3.01. The molecule has 0 saturated heterocycles. The molecule has 0 spiro atoms.